The van der Waals surface area contributed by atoms with Crippen LogP contribution in [0.1, 0.15) is 23.2 Å². The van der Waals surface area contributed by atoms with Gasteiger partial charge in [-0.3, -0.25) is 19.7 Å². The molecule has 222 valence electrons. The fourth-order valence-electron chi connectivity index (χ4n) is 5.37. The van der Waals surface area contributed by atoms with Crippen molar-refractivity contribution in [1.82, 2.24) is 15.5 Å². The molecule has 0 aromatic heterocycles. The van der Waals surface area contributed by atoms with E-state index in [1.54, 1.807) is 19.1 Å². The maximum absolute atomic E-state index is 14.1. The number of amides is 2. The molecule has 0 spiro atoms. The van der Waals surface area contributed by atoms with Gasteiger partial charge in [0.25, 0.3) is 5.91 Å². The molecular weight excluding hydrogens is 558 g/mol. The summed E-state index contributed by atoms with van der Waals surface area (Å²) in [5, 5.41) is 17.7. The summed E-state index contributed by atoms with van der Waals surface area (Å²) in [6.45, 7) is 2.96. The molecule has 14 heteroatoms. The molecule has 2 saturated heterocycles. The van der Waals surface area contributed by atoms with E-state index in [9.17, 15) is 19.7 Å². The number of piperidine rings is 1. The van der Waals surface area contributed by atoms with Crippen molar-refractivity contribution in [1.29, 1.82) is 0 Å². The number of carbonyl (C=O) groups is 2. The Morgan fingerprint density at radius 1 is 0.976 bits per heavy atom. The average Bonchev–Trinajstić information content (AvgIpc) is 3.00. The molecule has 41 heavy (non-hydrogen) atoms. The number of benzene rings is 2. The Labute approximate surface area is 242 Å². The summed E-state index contributed by atoms with van der Waals surface area (Å²) in [5.74, 6) is 0.00730. The van der Waals surface area contributed by atoms with E-state index in [0.29, 0.717) is 63.6 Å². The van der Waals surface area contributed by atoms with E-state index in [1.165, 1.54) is 14.2 Å². The lowest BCUT2D eigenvalue weighted by molar-refractivity contribution is -0.385. The van der Waals surface area contributed by atoms with E-state index < -0.39 is 22.1 Å². The summed E-state index contributed by atoms with van der Waals surface area (Å²) in [6.07, 6.45) is 0.661. The molecule has 0 atom stereocenters. The normalized spacial score (nSPS) is 16.5. The second-order valence-corrected chi connectivity index (χ2v) is 10.1. The molecule has 2 aromatic carbocycles. The number of hydrogen-bond donors (Lipinski definition) is 2. The maximum Gasteiger partial charge on any atom is 0.313 e. The van der Waals surface area contributed by atoms with Crippen LogP contribution in [-0.2, 0) is 4.79 Å². The number of ether oxygens (including phenoxy) is 4. The third-order valence-corrected chi connectivity index (χ3v) is 7.79. The molecule has 2 heterocycles. The van der Waals surface area contributed by atoms with Crippen LogP contribution in [0.3, 0.4) is 0 Å². The first-order valence-electron chi connectivity index (χ1n) is 13.1. The summed E-state index contributed by atoms with van der Waals surface area (Å²) in [5.41, 5.74) is -1.07. The lowest BCUT2D eigenvalue weighted by atomic mass is 9.85. The monoisotopic (exact) mass is 591 g/mol. The Kier molecular flexibility index (Phi) is 9.28. The zero-order chi connectivity index (χ0) is 29.7. The van der Waals surface area contributed by atoms with Crippen LogP contribution < -0.4 is 34.5 Å². The molecule has 2 N–H and O–H groups in total. The molecule has 2 aromatic rings. The number of piperazine rings is 1. The topological polar surface area (TPSA) is 145 Å². The van der Waals surface area contributed by atoms with Crippen LogP contribution in [0, 0.1) is 10.1 Å². The molecule has 0 bridgehead atoms. The maximum atomic E-state index is 14.1. The number of nitrogens with zero attached hydrogens (tertiary/aromatic N) is 3. The highest BCUT2D eigenvalue weighted by molar-refractivity contribution is 6.33. The number of anilines is 1. The van der Waals surface area contributed by atoms with Gasteiger partial charge < -0.3 is 39.4 Å². The van der Waals surface area contributed by atoms with Gasteiger partial charge in [-0.2, -0.15) is 0 Å². The van der Waals surface area contributed by atoms with E-state index in [2.05, 4.69) is 15.5 Å². The number of carbonyl (C=O) groups excluding carboxylic acids is 2. The second-order valence-electron chi connectivity index (χ2n) is 9.68. The Hall–Kier alpha value is -3.97. The molecule has 2 fully saturated rings. The summed E-state index contributed by atoms with van der Waals surface area (Å²) < 4.78 is 21.5. The minimum absolute atomic E-state index is 0.0785. The second kappa shape index (κ2) is 12.7. The molecule has 2 aliphatic heterocycles. The Bertz CT molecular complexity index is 1310. The standard InChI is InChI=1S/C27H34ClN5O8/c1-38-17-5-6-19(21(15-17)39-2)31-11-13-32(14-12-31)26(35)27(7-9-29-10-8-27)30-25(34)22-23(40-3)18(28)16-20(33(36)37)24(22)41-4/h5-6,15-16,29H,7-14H2,1-4H3,(H,30,34). The van der Waals surface area contributed by atoms with Gasteiger partial charge in [-0.1, -0.05) is 11.6 Å². The zero-order valence-electron chi connectivity index (χ0n) is 23.5. The molecule has 0 unspecified atom stereocenters. The minimum Gasteiger partial charge on any atom is -0.497 e. The van der Waals surface area contributed by atoms with E-state index in [0.717, 1.165) is 11.8 Å². The number of rotatable bonds is 9. The van der Waals surface area contributed by atoms with Crippen molar-refractivity contribution >= 4 is 34.8 Å². The van der Waals surface area contributed by atoms with E-state index in [4.69, 9.17) is 30.5 Å². The molecule has 0 aliphatic carbocycles. The first kappa shape index (κ1) is 30.0. The van der Waals surface area contributed by atoms with Crippen LogP contribution >= 0.6 is 11.6 Å². The fraction of sp³-hybridized carbons (Fsp3) is 0.481. The predicted molar refractivity (Wildman–Crippen MR) is 152 cm³/mol. The van der Waals surface area contributed by atoms with Crippen LogP contribution in [0.25, 0.3) is 0 Å². The van der Waals surface area contributed by atoms with Gasteiger partial charge in [0, 0.05) is 38.3 Å². The van der Waals surface area contributed by atoms with Crippen LogP contribution in [0.4, 0.5) is 11.4 Å². The van der Waals surface area contributed by atoms with E-state index >= 15 is 0 Å². The first-order chi connectivity index (χ1) is 19.7. The average molecular weight is 592 g/mol. The summed E-state index contributed by atoms with van der Waals surface area (Å²) in [4.78, 5) is 42.7. The smallest absolute Gasteiger partial charge is 0.313 e. The third kappa shape index (κ3) is 5.91. The van der Waals surface area contributed by atoms with Crippen LogP contribution in [0.2, 0.25) is 5.02 Å². The molecule has 2 aliphatic rings. The van der Waals surface area contributed by atoms with Gasteiger partial charge in [0.2, 0.25) is 11.7 Å². The van der Waals surface area contributed by atoms with Gasteiger partial charge in [0.15, 0.2) is 5.75 Å². The van der Waals surface area contributed by atoms with Crippen molar-refractivity contribution in [3.05, 3.63) is 45.0 Å². The Morgan fingerprint density at radius 3 is 2.20 bits per heavy atom. The van der Waals surface area contributed by atoms with Crippen molar-refractivity contribution < 1.29 is 33.5 Å². The zero-order valence-corrected chi connectivity index (χ0v) is 24.2. The number of methoxy groups -OCH3 is 4. The fourth-order valence-corrected chi connectivity index (χ4v) is 5.65. The van der Waals surface area contributed by atoms with Crippen LogP contribution in [0.5, 0.6) is 23.0 Å². The molecule has 0 radical (unpaired) electrons. The summed E-state index contributed by atoms with van der Waals surface area (Å²) >= 11 is 6.25. The van der Waals surface area contributed by atoms with Gasteiger partial charge in [-0.05, 0) is 38.1 Å². The van der Waals surface area contributed by atoms with Crippen molar-refractivity contribution in [2.45, 2.75) is 18.4 Å². The van der Waals surface area contributed by atoms with Gasteiger partial charge >= 0.3 is 5.69 Å². The van der Waals surface area contributed by atoms with E-state index in [-0.39, 0.29) is 28.0 Å². The largest absolute Gasteiger partial charge is 0.497 e. The molecule has 0 saturated carbocycles. The molecule has 13 nitrogen and oxygen atoms in total. The van der Waals surface area contributed by atoms with Crippen molar-refractivity contribution in [3.8, 4) is 23.0 Å². The highest BCUT2D eigenvalue weighted by Crippen LogP contribution is 2.43. The van der Waals surface area contributed by atoms with Crippen LogP contribution in [0.15, 0.2) is 24.3 Å². The Morgan fingerprint density at radius 2 is 1.63 bits per heavy atom. The van der Waals surface area contributed by atoms with Crippen molar-refractivity contribution in [2.24, 2.45) is 0 Å². The highest BCUT2D eigenvalue weighted by Gasteiger charge is 2.45. The highest BCUT2D eigenvalue weighted by atomic mass is 35.5. The lowest BCUT2D eigenvalue weighted by Gasteiger charge is -2.44. The summed E-state index contributed by atoms with van der Waals surface area (Å²) in [6, 6.07) is 6.67. The third-order valence-electron chi connectivity index (χ3n) is 7.51. The lowest BCUT2D eigenvalue weighted by Crippen LogP contribution is -2.65. The molecular formula is C27H34ClN5O8. The number of nitro groups is 1. The van der Waals surface area contributed by atoms with Crippen molar-refractivity contribution in [2.75, 3.05) is 72.6 Å². The Balaban J connectivity index is 1.59. The van der Waals surface area contributed by atoms with Gasteiger partial charge in [0.05, 0.1) is 44.1 Å². The van der Waals surface area contributed by atoms with Crippen LogP contribution in [-0.4, -0.2) is 94.9 Å². The number of halogens is 1. The van der Waals surface area contributed by atoms with E-state index in [1.807, 2.05) is 18.2 Å². The van der Waals surface area contributed by atoms with Gasteiger partial charge in [-0.15, -0.1) is 0 Å². The van der Waals surface area contributed by atoms with Gasteiger partial charge in [-0.25, -0.2) is 0 Å². The number of nitrogens with one attached hydrogen (secondary N) is 2. The predicted octanol–water partition coefficient (Wildman–Crippen LogP) is 2.48. The van der Waals surface area contributed by atoms with Crippen molar-refractivity contribution in [3.63, 3.8) is 0 Å². The number of hydrogen-bond acceptors (Lipinski definition) is 10. The SMILES string of the molecule is COc1ccc(N2CCN(C(=O)C3(NC(=O)c4c(OC)c(Cl)cc([N+](=O)[O-])c4OC)CCNCC3)CC2)c(OC)c1. The van der Waals surface area contributed by atoms with Gasteiger partial charge in [0.1, 0.15) is 22.6 Å². The first-order valence-corrected chi connectivity index (χ1v) is 13.5. The summed E-state index contributed by atoms with van der Waals surface area (Å²) in [7, 11) is 5.70. The minimum atomic E-state index is -1.24. The number of nitro benzene ring substituents is 1. The molecule has 4 rings (SSSR count). The quantitative estimate of drug-likeness (QED) is 0.329. The molecule has 2 amide bonds.